The summed E-state index contributed by atoms with van der Waals surface area (Å²) in [5.41, 5.74) is 1.79. The van der Waals surface area contributed by atoms with Gasteiger partial charge in [-0.1, -0.05) is 30.8 Å². The number of hydrogen-bond donors (Lipinski definition) is 0. The molecule has 1 aliphatic rings. The molecule has 9 nitrogen and oxygen atoms in total. The summed E-state index contributed by atoms with van der Waals surface area (Å²) in [6, 6.07) is 7.68. The minimum absolute atomic E-state index is 0.321. The summed E-state index contributed by atoms with van der Waals surface area (Å²) in [5.74, 6) is 1.96. The van der Waals surface area contributed by atoms with Crippen LogP contribution in [0.4, 0.5) is 5.95 Å². The van der Waals surface area contributed by atoms with Crippen LogP contribution < -0.4 is 16.1 Å². The first-order valence-electron chi connectivity index (χ1n) is 10.8. The monoisotopic (exact) mass is 454 g/mol. The molecular weight excluding hydrogens is 428 g/mol. The van der Waals surface area contributed by atoms with Crippen molar-refractivity contribution in [3.63, 3.8) is 0 Å². The quantitative estimate of drug-likeness (QED) is 0.428. The molecule has 1 aromatic carbocycles. The highest BCUT2D eigenvalue weighted by Gasteiger charge is 2.25. The van der Waals surface area contributed by atoms with Gasteiger partial charge in [0, 0.05) is 39.5 Å². The molecule has 10 heteroatoms. The molecule has 0 saturated carbocycles. The topological polar surface area (TPSA) is 91.1 Å². The molecule has 0 aliphatic carbocycles. The van der Waals surface area contributed by atoms with E-state index in [-0.39, 0.29) is 11.2 Å². The molecule has 4 heterocycles. The van der Waals surface area contributed by atoms with Crippen LogP contribution in [0.25, 0.3) is 22.3 Å². The zero-order valence-electron chi connectivity index (χ0n) is 18.4. The Morgan fingerprint density at radius 3 is 2.75 bits per heavy atom. The predicted octanol–water partition coefficient (Wildman–Crippen LogP) is 2.60. The van der Waals surface area contributed by atoms with Crippen molar-refractivity contribution >= 4 is 40.0 Å². The minimum Gasteiger partial charge on any atom is -0.431 e. The molecule has 1 saturated heterocycles. The third-order valence-electron chi connectivity index (χ3n) is 6.08. The molecular formula is C22H26N6O3S. The van der Waals surface area contributed by atoms with Crippen LogP contribution in [-0.4, -0.2) is 42.5 Å². The molecule has 0 bridgehead atoms. The van der Waals surface area contributed by atoms with Crippen molar-refractivity contribution in [3.05, 3.63) is 45.1 Å². The van der Waals surface area contributed by atoms with Crippen molar-refractivity contribution in [2.75, 3.05) is 23.7 Å². The first-order chi connectivity index (χ1) is 15.4. The molecule has 1 atom stereocenters. The number of hydrogen-bond acceptors (Lipinski definition) is 7. The van der Waals surface area contributed by atoms with E-state index in [1.807, 2.05) is 28.8 Å². The van der Waals surface area contributed by atoms with Crippen LogP contribution in [0.2, 0.25) is 0 Å². The van der Waals surface area contributed by atoms with Gasteiger partial charge < -0.3 is 13.9 Å². The summed E-state index contributed by atoms with van der Waals surface area (Å²) in [4.78, 5) is 37.1. The number of benzene rings is 1. The van der Waals surface area contributed by atoms with Crippen LogP contribution in [-0.2, 0) is 20.6 Å². The van der Waals surface area contributed by atoms with Crippen LogP contribution >= 0.6 is 11.8 Å². The fourth-order valence-corrected chi connectivity index (χ4v) is 5.16. The molecule has 0 amide bonds. The van der Waals surface area contributed by atoms with Crippen LogP contribution in [0, 0.1) is 5.92 Å². The summed E-state index contributed by atoms with van der Waals surface area (Å²) < 4.78 is 10.4. The van der Waals surface area contributed by atoms with Crippen molar-refractivity contribution < 1.29 is 4.42 Å². The maximum absolute atomic E-state index is 13.1. The molecule has 0 radical (unpaired) electrons. The Morgan fingerprint density at radius 1 is 1.16 bits per heavy atom. The van der Waals surface area contributed by atoms with Gasteiger partial charge in [-0.25, -0.2) is 9.78 Å². The molecule has 5 rings (SSSR count). The summed E-state index contributed by atoms with van der Waals surface area (Å²) in [5, 5.41) is 0.601. The highest BCUT2D eigenvalue weighted by Crippen LogP contribution is 2.27. The van der Waals surface area contributed by atoms with E-state index in [2.05, 4.69) is 16.8 Å². The molecule has 1 fully saturated rings. The third kappa shape index (κ3) is 3.52. The van der Waals surface area contributed by atoms with Crippen LogP contribution in [0.1, 0.15) is 19.8 Å². The highest BCUT2D eigenvalue weighted by atomic mass is 32.2. The first-order valence-corrected chi connectivity index (χ1v) is 11.8. The highest BCUT2D eigenvalue weighted by molar-refractivity contribution is 7.99. The van der Waals surface area contributed by atoms with E-state index >= 15 is 0 Å². The number of piperidine rings is 1. The lowest BCUT2D eigenvalue weighted by Gasteiger charge is -2.32. The molecule has 3 aromatic heterocycles. The summed E-state index contributed by atoms with van der Waals surface area (Å²) in [6.45, 7) is 4.56. The number of aryl methyl sites for hydroxylation is 2. The Balaban J connectivity index is 1.52. The molecule has 0 spiro atoms. The summed E-state index contributed by atoms with van der Waals surface area (Å²) in [6.07, 6.45) is 2.27. The second-order valence-electron chi connectivity index (χ2n) is 8.43. The zero-order valence-corrected chi connectivity index (χ0v) is 19.3. The first kappa shape index (κ1) is 20.9. The van der Waals surface area contributed by atoms with E-state index in [9.17, 15) is 9.59 Å². The number of anilines is 1. The average molecular weight is 455 g/mol. The summed E-state index contributed by atoms with van der Waals surface area (Å²) >= 11 is 1.50. The number of rotatable bonds is 5. The van der Waals surface area contributed by atoms with Crippen molar-refractivity contribution in [1.82, 2.24) is 23.7 Å². The van der Waals surface area contributed by atoms with Crippen LogP contribution in [0.5, 0.6) is 0 Å². The Kier molecular flexibility index (Phi) is 5.32. The number of para-hydroxylation sites is 2. The average Bonchev–Trinajstić information content (AvgIpc) is 3.38. The molecule has 4 aromatic rings. The SMILES string of the molecule is C[C@@H]1CCCN(c2nc3c(c(=O)n(C)c(=O)n3C)n2CCSc2nc3ccccc3o2)C1. The Bertz CT molecular complexity index is 1380. The van der Waals surface area contributed by atoms with Gasteiger partial charge in [0.25, 0.3) is 10.8 Å². The van der Waals surface area contributed by atoms with Crippen molar-refractivity contribution in [1.29, 1.82) is 0 Å². The fraction of sp³-hybridized carbons (Fsp3) is 0.455. The lowest BCUT2D eigenvalue weighted by atomic mass is 10.0. The number of fused-ring (bicyclic) bond motifs is 2. The number of thioether (sulfide) groups is 1. The van der Waals surface area contributed by atoms with Gasteiger partial charge in [0.2, 0.25) is 5.95 Å². The fourth-order valence-electron chi connectivity index (χ4n) is 4.40. The van der Waals surface area contributed by atoms with Gasteiger partial charge >= 0.3 is 5.69 Å². The normalized spacial score (nSPS) is 17.0. The largest absolute Gasteiger partial charge is 0.431 e. The standard InChI is InChI=1S/C22H26N6O3S/c1-14-7-6-10-27(13-14)20-24-18-17(19(29)26(3)22(30)25(18)2)28(20)11-12-32-21-23-15-8-4-5-9-16(15)31-21/h4-5,8-9,14H,6-7,10-13H2,1-3H3/t14-/m1/s1. The van der Waals surface area contributed by atoms with E-state index in [0.717, 1.165) is 41.1 Å². The Morgan fingerprint density at radius 2 is 1.97 bits per heavy atom. The molecule has 168 valence electrons. The molecule has 32 heavy (non-hydrogen) atoms. The maximum Gasteiger partial charge on any atom is 0.332 e. The van der Waals surface area contributed by atoms with Crippen molar-refractivity contribution in [2.24, 2.45) is 20.0 Å². The van der Waals surface area contributed by atoms with Gasteiger partial charge in [-0.05, 0) is 30.9 Å². The van der Waals surface area contributed by atoms with E-state index in [0.29, 0.717) is 34.6 Å². The van der Waals surface area contributed by atoms with E-state index in [4.69, 9.17) is 9.40 Å². The zero-order chi connectivity index (χ0) is 22.4. The van der Waals surface area contributed by atoms with E-state index in [1.54, 1.807) is 7.05 Å². The lowest BCUT2D eigenvalue weighted by Crippen LogP contribution is -2.38. The number of oxazole rings is 1. The third-order valence-corrected chi connectivity index (χ3v) is 6.89. The second kappa shape index (κ2) is 8.16. The van der Waals surface area contributed by atoms with Gasteiger partial charge in [-0.3, -0.25) is 13.9 Å². The molecule has 0 N–H and O–H groups in total. The minimum atomic E-state index is -0.369. The Hall–Kier alpha value is -3.01. The predicted molar refractivity (Wildman–Crippen MR) is 126 cm³/mol. The lowest BCUT2D eigenvalue weighted by molar-refractivity contribution is 0.438. The maximum atomic E-state index is 13.1. The Labute approximate surface area is 188 Å². The molecule has 0 unspecified atom stereocenters. The van der Waals surface area contributed by atoms with E-state index < -0.39 is 0 Å². The summed E-state index contributed by atoms with van der Waals surface area (Å²) in [7, 11) is 3.17. The van der Waals surface area contributed by atoms with Gasteiger partial charge in [-0.15, -0.1) is 0 Å². The van der Waals surface area contributed by atoms with Gasteiger partial charge in [0.15, 0.2) is 16.7 Å². The molecule has 1 aliphatic heterocycles. The van der Waals surface area contributed by atoms with Crippen LogP contribution in [0.15, 0.2) is 43.5 Å². The second-order valence-corrected chi connectivity index (χ2v) is 9.48. The van der Waals surface area contributed by atoms with Gasteiger partial charge in [0.05, 0.1) is 0 Å². The van der Waals surface area contributed by atoms with Crippen molar-refractivity contribution in [3.8, 4) is 0 Å². The van der Waals surface area contributed by atoms with Crippen molar-refractivity contribution in [2.45, 2.75) is 31.5 Å². The number of aromatic nitrogens is 5. The smallest absolute Gasteiger partial charge is 0.332 e. The number of imidazole rings is 1. The number of nitrogens with zero attached hydrogens (tertiary/aromatic N) is 6. The van der Waals surface area contributed by atoms with Gasteiger partial charge in [0.1, 0.15) is 5.52 Å². The van der Waals surface area contributed by atoms with Gasteiger partial charge in [-0.2, -0.15) is 4.98 Å². The van der Waals surface area contributed by atoms with E-state index in [1.165, 1.54) is 29.8 Å². The van der Waals surface area contributed by atoms with Crippen LogP contribution in [0.3, 0.4) is 0 Å².